The summed E-state index contributed by atoms with van der Waals surface area (Å²) < 4.78 is 0. The van der Waals surface area contributed by atoms with Crippen molar-refractivity contribution < 1.29 is 0 Å². The van der Waals surface area contributed by atoms with Gasteiger partial charge in [-0.3, -0.25) is 4.90 Å². The summed E-state index contributed by atoms with van der Waals surface area (Å²) in [6, 6.07) is 2.48. The third kappa shape index (κ3) is 2.68. The van der Waals surface area contributed by atoms with Crippen molar-refractivity contribution in [2.24, 2.45) is 0 Å². The number of fused-ring (bicyclic) bond motifs is 2. The standard InChI is InChI=1S/C15H30N2/c1-5-9-16-12-10-13-7-8-14(11-12)17(13)15(3,4)6-2/h12-14,16H,5-11H2,1-4H3. The molecule has 2 heteroatoms. The molecule has 0 aromatic heterocycles. The van der Waals surface area contributed by atoms with Crippen LogP contribution in [0.1, 0.15) is 66.2 Å². The van der Waals surface area contributed by atoms with Gasteiger partial charge < -0.3 is 5.32 Å². The number of rotatable bonds is 5. The number of piperidine rings is 1. The highest BCUT2D eigenvalue weighted by atomic mass is 15.3. The lowest BCUT2D eigenvalue weighted by Gasteiger charge is -2.48. The highest BCUT2D eigenvalue weighted by Gasteiger charge is 2.45. The third-order valence-corrected chi connectivity index (χ3v) is 4.98. The maximum absolute atomic E-state index is 3.74. The Kier molecular flexibility index (Phi) is 4.14. The van der Waals surface area contributed by atoms with Gasteiger partial charge in [-0.05, 0) is 58.9 Å². The lowest BCUT2D eigenvalue weighted by molar-refractivity contribution is 0.0183. The van der Waals surface area contributed by atoms with Crippen LogP contribution in [0, 0.1) is 0 Å². The van der Waals surface area contributed by atoms with Crippen LogP contribution < -0.4 is 5.32 Å². The molecule has 2 bridgehead atoms. The Hall–Kier alpha value is -0.0800. The lowest BCUT2D eigenvalue weighted by atomic mass is 9.89. The van der Waals surface area contributed by atoms with E-state index in [0.29, 0.717) is 5.54 Å². The van der Waals surface area contributed by atoms with Crippen molar-refractivity contribution in [2.45, 2.75) is 89.9 Å². The van der Waals surface area contributed by atoms with E-state index in [-0.39, 0.29) is 0 Å². The Morgan fingerprint density at radius 2 is 1.71 bits per heavy atom. The Morgan fingerprint density at radius 1 is 1.12 bits per heavy atom. The predicted octanol–water partition coefficient (Wildman–Crippen LogP) is 3.17. The van der Waals surface area contributed by atoms with Gasteiger partial charge in [0.05, 0.1) is 0 Å². The summed E-state index contributed by atoms with van der Waals surface area (Å²) >= 11 is 0. The van der Waals surface area contributed by atoms with Gasteiger partial charge in [0.15, 0.2) is 0 Å². The van der Waals surface area contributed by atoms with Crippen LogP contribution in [0.5, 0.6) is 0 Å². The number of nitrogens with zero attached hydrogens (tertiary/aromatic N) is 1. The second-order valence-electron chi connectivity index (χ2n) is 6.58. The first kappa shape index (κ1) is 13.4. The molecule has 2 nitrogen and oxygen atoms in total. The molecule has 0 spiro atoms. The molecule has 0 saturated carbocycles. The molecule has 2 saturated heterocycles. The quantitative estimate of drug-likeness (QED) is 0.791. The van der Waals surface area contributed by atoms with E-state index in [1.807, 2.05) is 0 Å². The molecule has 2 aliphatic heterocycles. The summed E-state index contributed by atoms with van der Waals surface area (Å²) in [6.45, 7) is 10.6. The lowest BCUT2D eigenvalue weighted by Crippen LogP contribution is -2.57. The molecule has 2 atom stereocenters. The Labute approximate surface area is 107 Å². The van der Waals surface area contributed by atoms with Crippen molar-refractivity contribution >= 4 is 0 Å². The van der Waals surface area contributed by atoms with Crippen LogP contribution in [0.4, 0.5) is 0 Å². The Balaban J connectivity index is 1.98. The average Bonchev–Trinajstić information content (AvgIpc) is 2.60. The van der Waals surface area contributed by atoms with Crippen molar-refractivity contribution in [3.8, 4) is 0 Å². The molecule has 0 aromatic carbocycles. The zero-order valence-corrected chi connectivity index (χ0v) is 12.1. The molecule has 0 aliphatic carbocycles. The van der Waals surface area contributed by atoms with E-state index in [9.17, 15) is 0 Å². The molecule has 2 rings (SSSR count). The van der Waals surface area contributed by atoms with E-state index in [2.05, 4.69) is 37.9 Å². The van der Waals surface area contributed by atoms with Crippen molar-refractivity contribution in [2.75, 3.05) is 6.54 Å². The molecule has 100 valence electrons. The van der Waals surface area contributed by atoms with Gasteiger partial charge in [0, 0.05) is 23.7 Å². The van der Waals surface area contributed by atoms with Gasteiger partial charge in [0.25, 0.3) is 0 Å². The molecule has 2 unspecified atom stereocenters. The minimum absolute atomic E-state index is 0.404. The highest BCUT2D eigenvalue weighted by molar-refractivity contribution is 5.02. The molecule has 0 radical (unpaired) electrons. The maximum Gasteiger partial charge on any atom is 0.0156 e. The summed E-state index contributed by atoms with van der Waals surface area (Å²) in [7, 11) is 0. The average molecular weight is 238 g/mol. The van der Waals surface area contributed by atoms with E-state index in [0.717, 1.165) is 18.1 Å². The number of hydrogen-bond donors (Lipinski definition) is 1. The van der Waals surface area contributed by atoms with Gasteiger partial charge in [0.2, 0.25) is 0 Å². The van der Waals surface area contributed by atoms with Gasteiger partial charge in [-0.15, -0.1) is 0 Å². The molecule has 0 aromatic rings. The molecule has 0 amide bonds. The largest absolute Gasteiger partial charge is 0.314 e. The van der Waals surface area contributed by atoms with E-state index in [1.165, 1.54) is 45.1 Å². The predicted molar refractivity (Wildman–Crippen MR) is 74.3 cm³/mol. The van der Waals surface area contributed by atoms with E-state index >= 15 is 0 Å². The third-order valence-electron chi connectivity index (χ3n) is 4.98. The topological polar surface area (TPSA) is 15.3 Å². The number of hydrogen-bond acceptors (Lipinski definition) is 2. The molecular weight excluding hydrogens is 208 g/mol. The zero-order chi connectivity index (χ0) is 12.5. The normalized spacial score (nSPS) is 34.2. The van der Waals surface area contributed by atoms with Crippen molar-refractivity contribution in [3.63, 3.8) is 0 Å². The van der Waals surface area contributed by atoms with Gasteiger partial charge in [-0.2, -0.15) is 0 Å². The minimum Gasteiger partial charge on any atom is -0.314 e. The highest BCUT2D eigenvalue weighted by Crippen LogP contribution is 2.41. The first-order chi connectivity index (χ1) is 8.08. The van der Waals surface area contributed by atoms with Crippen LogP contribution in [-0.2, 0) is 0 Å². The van der Waals surface area contributed by atoms with Gasteiger partial charge >= 0.3 is 0 Å². The fourth-order valence-electron chi connectivity index (χ4n) is 3.86. The van der Waals surface area contributed by atoms with Crippen molar-refractivity contribution in [1.29, 1.82) is 0 Å². The first-order valence-electron chi connectivity index (χ1n) is 7.60. The van der Waals surface area contributed by atoms with E-state index in [1.54, 1.807) is 0 Å². The SMILES string of the molecule is CCCNC1CC2CCC(C1)N2C(C)(C)CC. The molecular formula is C15H30N2. The summed E-state index contributed by atoms with van der Waals surface area (Å²) in [5, 5.41) is 3.74. The fraction of sp³-hybridized carbons (Fsp3) is 1.00. The molecule has 17 heavy (non-hydrogen) atoms. The minimum atomic E-state index is 0.404. The van der Waals surface area contributed by atoms with Crippen molar-refractivity contribution in [3.05, 3.63) is 0 Å². The monoisotopic (exact) mass is 238 g/mol. The van der Waals surface area contributed by atoms with E-state index in [4.69, 9.17) is 0 Å². The van der Waals surface area contributed by atoms with Gasteiger partial charge in [-0.1, -0.05) is 13.8 Å². The summed E-state index contributed by atoms with van der Waals surface area (Å²) in [5.41, 5.74) is 0.404. The van der Waals surface area contributed by atoms with Crippen LogP contribution in [0.2, 0.25) is 0 Å². The second-order valence-corrected chi connectivity index (χ2v) is 6.58. The molecule has 2 aliphatic rings. The summed E-state index contributed by atoms with van der Waals surface area (Å²) in [6.07, 6.45) is 8.14. The molecule has 2 fully saturated rings. The first-order valence-corrected chi connectivity index (χ1v) is 7.60. The number of nitrogens with one attached hydrogen (secondary N) is 1. The van der Waals surface area contributed by atoms with Crippen LogP contribution in [-0.4, -0.2) is 35.1 Å². The van der Waals surface area contributed by atoms with Gasteiger partial charge in [-0.25, -0.2) is 0 Å². The van der Waals surface area contributed by atoms with Crippen LogP contribution in [0.3, 0.4) is 0 Å². The second kappa shape index (κ2) is 5.27. The van der Waals surface area contributed by atoms with Crippen molar-refractivity contribution in [1.82, 2.24) is 10.2 Å². The van der Waals surface area contributed by atoms with Crippen LogP contribution in [0.25, 0.3) is 0 Å². The Morgan fingerprint density at radius 3 is 2.18 bits per heavy atom. The maximum atomic E-state index is 3.74. The summed E-state index contributed by atoms with van der Waals surface area (Å²) in [4.78, 5) is 2.84. The van der Waals surface area contributed by atoms with Crippen LogP contribution in [0.15, 0.2) is 0 Å². The fourth-order valence-corrected chi connectivity index (χ4v) is 3.86. The Bertz CT molecular complexity index is 235. The smallest absolute Gasteiger partial charge is 0.0156 e. The van der Waals surface area contributed by atoms with E-state index < -0.39 is 0 Å². The molecule has 2 heterocycles. The van der Waals surface area contributed by atoms with Crippen LogP contribution >= 0.6 is 0 Å². The van der Waals surface area contributed by atoms with Gasteiger partial charge in [0.1, 0.15) is 0 Å². The summed E-state index contributed by atoms with van der Waals surface area (Å²) in [5.74, 6) is 0. The zero-order valence-electron chi connectivity index (χ0n) is 12.1. The molecule has 1 N–H and O–H groups in total.